The first-order valence-corrected chi connectivity index (χ1v) is 7.65. The SMILES string of the molecule is CCOC(=O)c1ccc(C(F)(F)F)nc1NNC(=O)Cc1ccccc1. The molecule has 0 saturated carbocycles. The maximum atomic E-state index is 12.8. The molecule has 6 nitrogen and oxygen atoms in total. The van der Waals surface area contributed by atoms with Crippen molar-refractivity contribution in [2.45, 2.75) is 19.5 Å². The smallest absolute Gasteiger partial charge is 0.433 e. The predicted molar refractivity (Wildman–Crippen MR) is 87.1 cm³/mol. The molecule has 2 aromatic rings. The van der Waals surface area contributed by atoms with E-state index in [1.54, 1.807) is 37.3 Å². The number of nitrogens with one attached hydrogen (secondary N) is 2. The highest BCUT2D eigenvalue weighted by Crippen LogP contribution is 2.29. The number of anilines is 1. The van der Waals surface area contributed by atoms with E-state index in [1.165, 1.54) is 0 Å². The zero-order chi connectivity index (χ0) is 19.2. The molecule has 1 aromatic carbocycles. The van der Waals surface area contributed by atoms with Crippen LogP contribution in [-0.2, 0) is 22.1 Å². The average molecular weight is 367 g/mol. The molecule has 0 aliphatic rings. The Morgan fingerprint density at radius 2 is 1.81 bits per heavy atom. The zero-order valence-corrected chi connectivity index (χ0v) is 13.8. The van der Waals surface area contributed by atoms with Gasteiger partial charge >= 0.3 is 12.1 Å². The molecule has 0 aliphatic carbocycles. The van der Waals surface area contributed by atoms with Crippen LogP contribution in [0, 0.1) is 0 Å². The van der Waals surface area contributed by atoms with Crippen LogP contribution in [0.2, 0.25) is 0 Å². The number of carbonyl (C=O) groups excluding carboxylic acids is 2. The van der Waals surface area contributed by atoms with Crippen LogP contribution in [0.15, 0.2) is 42.5 Å². The minimum atomic E-state index is -4.70. The quantitative estimate of drug-likeness (QED) is 0.606. The van der Waals surface area contributed by atoms with Crippen LogP contribution in [-0.4, -0.2) is 23.5 Å². The molecule has 1 amide bonds. The van der Waals surface area contributed by atoms with Crippen LogP contribution >= 0.6 is 0 Å². The summed E-state index contributed by atoms with van der Waals surface area (Å²) in [6.45, 7) is 1.60. The van der Waals surface area contributed by atoms with Crippen LogP contribution in [0.4, 0.5) is 19.0 Å². The van der Waals surface area contributed by atoms with Crippen LogP contribution in [0.5, 0.6) is 0 Å². The minimum absolute atomic E-state index is 0.00153. The predicted octanol–water partition coefficient (Wildman–Crippen LogP) is 2.96. The second kappa shape index (κ2) is 8.32. The van der Waals surface area contributed by atoms with Crippen molar-refractivity contribution >= 4 is 17.7 Å². The summed E-state index contributed by atoms with van der Waals surface area (Å²) in [7, 11) is 0. The molecule has 0 bridgehead atoms. The van der Waals surface area contributed by atoms with Crippen molar-refractivity contribution < 1.29 is 27.5 Å². The number of esters is 1. The van der Waals surface area contributed by atoms with Gasteiger partial charge in [0.15, 0.2) is 5.82 Å². The molecule has 0 aliphatic heterocycles. The van der Waals surface area contributed by atoms with E-state index in [9.17, 15) is 22.8 Å². The third-order valence-electron chi connectivity index (χ3n) is 3.21. The molecule has 0 atom stereocenters. The molecule has 138 valence electrons. The lowest BCUT2D eigenvalue weighted by atomic mass is 10.1. The summed E-state index contributed by atoms with van der Waals surface area (Å²) >= 11 is 0. The molecule has 26 heavy (non-hydrogen) atoms. The van der Waals surface area contributed by atoms with E-state index in [4.69, 9.17) is 4.74 Å². The van der Waals surface area contributed by atoms with E-state index in [-0.39, 0.29) is 18.6 Å². The summed E-state index contributed by atoms with van der Waals surface area (Å²) in [6, 6.07) is 10.4. The lowest BCUT2D eigenvalue weighted by molar-refractivity contribution is -0.141. The van der Waals surface area contributed by atoms with Gasteiger partial charge in [0.2, 0.25) is 5.91 Å². The standard InChI is InChI=1S/C17H16F3N3O3/c1-2-26-16(25)12-8-9-13(17(18,19)20)21-15(12)23-22-14(24)10-11-6-4-3-5-7-11/h3-9H,2,10H2,1H3,(H,21,23)(H,22,24). The number of ether oxygens (including phenoxy) is 1. The van der Waals surface area contributed by atoms with Gasteiger partial charge in [0.1, 0.15) is 11.3 Å². The molecule has 1 heterocycles. The van der Waals surface area contributed by atoms with Gasteiger partial charge in [-0.25, -0.2) is 9.78 Å². The lowest BCUT2D eigenvalue weighted by Gasteiger charge is -2.14. The number of aromatic nitrogens is 1. The highest BCUT2D eigenvalue weighted by atomic mass is 19.4. The fraction of sp³-hybridized carbons (Fsp3) is 0.235. The number of alkyl halides is 3. The Morgan fingerprint density at radius 1 is 1.12 bits per heavy atom. The molecule has 2 rings (SSSR count). The first-order chi connectivity index (χ1) is 12.3. The summed E-state index contributed by atoms with van der Waals surface area (Å²) in [5, 5.41) is 0. The van der Waals surface area contributed by atoms with E-state index < -0.39 is 29.6 Å². The Balaban J connectivity index is 2.16. The molecule has 9 heteroatoms. The number of halogens is 3. The van der Waals surface area contributed by atoms with Gasteiger partial charge in [-0.2, -0.15) is 13.2 Å². The normalized spacial score (nSPS) is 10.9. The minimum Gasteiger partial charge on any atom is -0.462 e. The molecule has 2 N–H and O–H groups in total. The van der Waals surface area contributed by atoms with Crippen LogP contribution in [0.25, 0.3) is 0 Å². The van der Waals surface area contributed by atoms with Crippen LogP contribution in [0.1, 0.15) is 28.5 Å². The van der Waals surface area contributed by atoms with Crippen LogP contribution in [0.3, 0.4) is 0 Å². The molecule has 0 spiro atoms. The average Bonchev–Trinajstić information content (AvgIpc) is 2.60. The second-order valence-electron chi connectivity index (χ2n) is 5.15. The van der Waals surface area contributed by atoms with Gasteiger partial charge in [-0.1, -0.05) is 30.3 Å². The van der Waals surface area contributed by atoms with Crippen molar-refractivity contribution in [1.29, 1.82) is 0 Å². The monoisotopic (exact) mass is 367 g/mol. The number of hydrazine groups is 1. The van der Waals surface area contributed by atoms with E-state index >= 15 is 0 Å². The Labute approximate surface area is 147 Å². The molecular weight excluding hydrogens is 351 g/mol. The maximum absolute atomic E-state index is 12.8. The molecule has 0 fully saturated rings. The summed E-state index contributed by atoms with van der Waals surface area (Å²) in [5.41, 5.74) is 3.80. The number of hydrogen-bond acceptors (Lipinski definition) is 5. The lowest BCUT2D eigenvalue weighted by Crippen LogP contribution is -2.32. The van der Waals surface area contributed by atoms with Crippen molar-refractivity contribution in [3.63, 3.8) is 0 Å². The molecule has 0 saturated heterocycles. The fourth-order valence-corrected chi connectivity index (χ4v) is 2.04. The topological polar surface area (TPSA) is 80.3 Å². The van der Waals surface area contributed by atoms with E-state index in [0.717, 1.165) is 11.6 Å². The maximum Gasteiger partial charge on any atom is 0.433 e. The number of amides is 1. The largest absolute Gasteiger partial charge is 0.462 e. The number of carbonyl (C=O) groups is 2. The highest BCUT2D eigenvalue weighted by molar-refractivity contribution is 5.95. The van der Waals surface area contributed by atoms with Crippen molar-refractivity contribution in [2.75, 3.05) is 12.0 Å². The van der Waals surface area contributed by atoms with Crippen molar-refractivity contribution in [1.82, 2.24) is 10.4 Å². The Hall–Kier alpha value is -3.10. The molecule has 1 aromatic heterocycles. The molecule has 0 radical (unpaired) electrons. The van der Waals surface area contributed by atoms with E-state index in [2.05, 4.69) is 15.8 Å². The first kappa shape index (κ1) is 19.2. The Bertz CT molecular complexity index is 780. The van der Waals surface area contributed by atoms with Gasteiger partial charge in [0, 0.05) is 0 Å². The highest BCUT2D eigenvalue weighted by Gasteiger charge is 2.33. The number of nitrogens with zero attached hydrogens (tertiary/aromatic N) is 1. The van der Waals surface area contributed by atoms with Gasteiger partial charge in [-0.3, -0.25) is 15.6 Å². The number of benzene rings is 1. The van der Waals surface area contributed by atoms with Gasteiger partial charge in [0.25, 0.3) is 0 Å². The number of hydrogen-bond donors (Lipinski definition) is 2. The number of pyridine rings is 1. The second-order valence-corrected chi connectivity index (χ2v) is 5.15. The van der Waals surface area contributed by atoms with E-state index in [1.807, 2.05) is 0 Å². The third kappa shape index (κ3) is 5.20. The van der Waals surface area contributed by atoms with Crippen molar-refractivity contribution in [3.8, 4) is 0 Å². The van der Waals surface area contributed by atoms with Crippen LogP contribution < -0.4 is 10.9 Å². The van der Waals surface area contributed by atoms with Gasteiger partial charge in [-0.05, 0) is 24.6 Å². The van der Waals surface area contributed by atoms with E-state index in [0.29, 0.717) is 6.07 Å². The molecule has 0 unspecified atom stereocenters. The summed E-state index contributed by atoms with van der Waals surface area (Å²) in [4.78, 5) is 27.2. The van der Waals surface area contributed by atoms with Crippen molar-refractivity contribution in [2.24, 2.45) is 0 Å². The first-order valence-electron chi connectivity index (χ1n) is 7.65. The van der Waals surface area contributed by atoms with Crippen molar-refractivity contribution in [3.05, 3.63) is 59.3 Å². The third-order valence-corrected chi connectivity index (χ3v) is 3.21. The molecular formula is C17H16F3N3O3. The zero-order valence-electron chi connectivity index (χ0n) is 13.8. The summed E-state index contributed by atoms with van der Waals surface area (Å²) < 4.78 is 43.3. The Kier molecular flexibility index (Phi) is 6.16. The Morgan fingerprint density at radius 3 is 2.42 bits per heavy atom. The van der Waals surface area contributed by atoms with Gasteiger partial charge in [-0.15, -0.1) is 0 Å². The summed E-state index contributed by atoms with van der Waals surface area (Å²) in [5.74, 6) is -1.81. The summed E-state index contributed by atoms with van der Waals surface area (Å²) in [6.07, 6.45) is -4.70. The number of rotatable bonds is 6. The van der Waals surface area contributed by atoms with Gasteiger partial charge < -0.3 is 4.74 Å². The van der Waals surface area contributed by atoms with Gasteiger partial charge in [0.05, 0.1) is 13.0 Å². The fourth-order valence-electron chi connectivity index (χ4n) is 2.04.